The molecule has 3 aliphatic carbocycles. The molecule has 0 heteroatoms. The summed E-state index contributed by atoms with van der Waals surface area (Å²) in [5.74, 6) is 3.48. The maximum atomic E-state index is 4.13. The standard InChI is InChI=1S/C21H28.C2H6/c1-4-16-7-10-20-19-9-6-15-13-14(2)5-8-17(15)18(19)11-12-21(16,20)3;1-2/h4-5,8,13,16,18-20H,1,6-7,9-12H2,2-3H3;1-2H3/t16-,18?,19?,20?,21?;/m0./s1. The number of fused-ring (bicyclic) bond motifs is 5. The number of allylic oxidation sites excluding steroid dienone is 1. The largest absolute Gasteiger partial charge is 0.103 e. The maximum Gasteiger partial charge on any atom is -0.0128 e. The fourth-order valence-corrected chi connectivity index (χ4v) is 6.14. The zero-order valence-electron chi connectivity index (χ0n) is 15.6. The molecule has 23 heavy (non-hydrogen) atoms. The molecule has 4 rings (SSSR count). The molecule has 0 heterocycles. The van der Waals surface area contributed by atoms with E-state index in [-0.39, 0.29) is 0 Å². The SMILES string of the molecule is C=C[C@H]1CCC2C3CCc4cc(C)ccc4C3CCC21C.CC. The van der Waals surface area contributed by atoms with E-state index < -0.39 is 0 Å². The topological polar surface area (TPSA) is 0 Å². The highest BCUT2D eigenvalue weighted by molar-refractivity contribution is 5.37. The Balaban J connectivity index is 0.000000753. The average Bonchev–Trinajstić information content (AvgIpc) is 2.92. The van der Waals surface area contributed by atoms with Gasteiger partial charge in [-0.2, -0.15) is 0 Å². The van der Waals surface area contributed by atoms with E-state index in [1.807, 2.05) is 13.8 Å². The summed E-state index contributed by atoms with van der Waals surface area (Å²) in [7, 11) is 0. The van der Waals surface area contributed by atoms with Crippen LogP contribution in [-0.2, 0) is 6.42 Å². The van der Waals surface area contributed by atoms with Crippen molar-refractivity contribution >= 4 is 0 Å². The Morgan fingerprint density at radius 2 is 1.91 bits per heavy atom. The van der Waals surface area contributed by atoms with E-state index in [1.54, 1.807) is 11.1 Å². The molecule has 1 aromatic rings. The van der Waals surface area contributed by atoms with E-state index in [9.17, 15) is 0 Å². The van der Waals surface area contributed by atoms with Gasteiger partial charge in [0.2, 0.25) is 0 Å². The highest BCUT2D eigenvalue weighted by Gasteiger charge is 2.53. The Morgan fingerprint density at radius 1 is 1.13 bits per heavy atom. The summed E-state index contributed by atoms with van der Waals surface area (Å²) in [6, 6.07) is 7.22. The average molecular weight is 311 g/mol. The zero-order valence-corrected chi connectivity index (χ0v) is 15.6. The molecule has 0 aliphatic heterocycles. The second-order valence-corrected chi connectivity index (χ2v) is 8.08. The molecule has 0 nitrogen and oxygen atoms in total. The van der Waals surface area contributed by atoms with Gasteiger partial charge in [0.15, 0.2) is 0 Å². The lowest BCUT2D eigenvalue weighted by atomic mass is 9.54. The van der Waals surface area contributed by atoms with Crippen LogP contribution in [0.1, 0.15) is 75.5 Å². The van der Waals surface area contributed by atoms with Crippen molar-refractivity contribution in [2.45, 2.75) is 72.1 Å². The smallest absolute Gasteiger partial charge is 0.0128 e. The molecule has 0 bridgehead atoms. The lowest BCUT2D eigenvalue weighted by molar-refractivity contribution is 0.0410. The number of hydrogen-bond donors (Lipinski definition) is 0. The van der Waals surface area contributed by atoms with Gasteiger partial charge in [-0.1, -0.05) is 50.6 Å². The van der Waals surface area contributed by atoms with Gasteiger partial charge in [-0.25, -0.2) is 0 Å². The van der Waals surface area contributed by atoms with Crippen LogP contribution in [0, 0.1) is 30.1 Å². The van der Waals surface area contributed by atoms with Crippen molar-refractivity contribution in [1.29, 1.82) is 0 Å². The lowest BCUT2D eigenvalue weighted by Gasteiger charge is -2.50. The minimum Gasteiger partial charge on any atom is -0.103 e. The van der Waals surface area contributed by atoms with Gasteiger partial charge < -0.3 is 0 Å². The minimum atomic E-state index is 0.547. The van der Waals surface area contributed by atoms with Crippen LogP contribution < -0.4 is 0 Å². The summed E-state index contributed by atoms with van der Waals surface area (Å²) in [6.07, 6.45) is 10.6. The summed E-state index contributed by atoms with van der Waals surface area (Å²) >= 11 is 0. The van der Waals surface area contributed by atoms with Crippen molar-refractivity contribution in [2.24, 2.45) is 23.2 Å². The molecule has 0 spiro atoms. The molecule has 1 aromatic carbocycles. The molecule has 0 N–H and O–H groups in total. The fourth-order valence-electron chi connectivity index (χ4n) is 6.14. The molecule has 2 saturated carbocycles. The first-order valence-corrected chi connectivity index (χ1v) is 9.85. The van der Waals surface area contributed by atoms with Crippen LogP contribution in [-0.4, -0.2) is 0 Å². The molecule has 0 amide bonds. The molecule has 0 aromatic heterocycles. The third-order valence-corrected chi connectivity index (χ3v) is 7.24. The highest BCUT2D eigenvalue weighted by Crippen LogP contribution is 2.63. The molecule has 126 valence electrons. The van der Waals surface area contributed by atoms with Crippen LogP contribution in [0.3, 0.4) is 0 Å². The molecular weight excluding hydrogens is 276 g/mol. The molecule has 0 radical (unpaired) electrons. The predicted molar refractivity (Wildman–Crippen MR) is 101 cm³/mol. The molecule has 3 aliphatic rings. The number of aryl methyl sites for hydroxylation is 2. The van der Waals surface area contributed by atoms with Crippen LogP contribution in [0.15, 0.2) is 30.9 Å². The van der Waals surface area contributed by atoms with Gasteiger partial charge in [0.1, 0.15) is 0 Å². The molecule has 4 unspecified atom stereocenters. The summed E-state index contributed by atoms with van der Waals surface area (Å²) < 4.78 is 0. The van der Waals surface area contributed by atoms with Crippen LogP contribution >= 0.6 is 0 Å². The highest BCUT2D eigenvalue weighted by atomic mass is 14.6. The van der Waals surface area contributed by atoms with Gasteiger partial charge in [0, 0.05) is 0 Å². The second kappa shape index (κ2) is 6.46. The number of hydrogen-bond acceptors (Lipinski definition) is 0. The van der Waals surface area contributed by atoms with Crippen molar-refractivity contribution in [2.75, 3.05) is 0 Å². The van der Waals surface area contributed by atoms with Gasteiger partial charge >= 0.3 is 0 Å². The van der Waals surface area contributed by atoms with Crippen molar-refractivity contribution < 1.29 is 0 Å². The van der Waals surface area contributed by atoms with Gasteiger partial charge in [0.25, 0.3) is 0 Å². The van der Waals surface area contributed by atoms with Gasteiger partial charge in [-0.15, -0.1) is 6.58 Å². The first-order valence-electron chi connectivity index (χ1n) is 9.85. The van der Waals surface area contributed by atoms with E-state index in [2.05, 4.69) is 44.7 Å². The first-order chi connectivity index (χ1) is 11.1. The third kappa shape index (κ3) is 2.59. The van der Waals surface area contributed by atoms with Gasteiger partial charge in [0.05, 0.1) is 0 Å². The van der Waals surface area contributed by atoms with Crippen molar-refractivity contribution in [1.82, 2.24) is 0 Å². The van der Waals surface area contributed by atoms with Crippen LogP contribution in [0.4, 0.5) is 0 Å². The monoisotopic (exact) mass is 310 g/mol. The summed E-state index contributed by atoms with van der Waals surface area (Å²) in [4.78, 5) is 0. The Labute approximate surface area is 143 Å². The third-order valence-electron chi connectivity index (χ3n) is 7.24. The van der Waals surface area contributed by atoms with Gasteiger partial charge in [-0.3, -0.25) is 0 Å². The summed E-state index contributed by atoms with van der Waals surface area (Å²) in [5.41, 5.74) is 5.32. The minimum absolute atomic E-state index is 0.547. The fraction of sp³-hybridized carbons (Fsp3) is 0.652. The maximum absolute atomic E-state index is 4.13. The second-order valence-electron chi connectivity index (χ2n) is 8.08. The van der Waals surface area contributed by atoms with Crippen LogP contribution in [0.2, 0.25) is 0 Å². The summed E-state index contributed by atoms with van der Waals surface area (Å²) in [5, 5.41) is 0. The molecule has 2 fully saturated rings. The first kappa shape index (κ1) is 16.8. The van der Waals surface area contributed by atoms with Crippen molar-refractivity contribution in [3.63, 3.8) is 0 Å². The van der Waals surface area contributed by atoms with Crippen LogP contribution in [0.5, 0.6) is 0 Å². The number of benzene rings is 1. The Bertz CT molecular complexity index is 569. The normalized spacial score (nSPS) is 37.7. The van der Waals surface area contributed by atoms with E-state index in [0.717, 1.165) is 23.7 Å². The molecular formula is C23H34. The number of rotatable bonds is 1. The predicted octanol–water partition coefficient (Wildman–Crippen LogP) is 6.68. The van der Waals surface area contributed by atoms with Gasteiger partial charge in [-0.05, 0) is 85.7 Å². The Kier molecular flexibility index (Phi) is 4.72. The van der Waals surface area contributed by atoms with E-state index in [1.165, 1.54) is 44.1 Å². The zero-order chi connectivity index (χ0) is 16.6. The van der Waals surface area contributed by atoms with E-state index in [4.69, 9.17) is 0 Å². The Hall–Kier alpha value is -1.04. The molecule has 0 saturated heterocycles. The summed E-state index contributed by atoms with van der Waals surface area (Å²) in [6.45, 7) is 12.9. The van der Waals surface area contributed by atoms with Crippen LogP contribution in [0.25, 0.3) is 0 Å². The lowest BCUT2D eigenvalue weighted by Crippen LogP contribution is -2.41. The van der Waals surface area contributed by atoms with Crippen molar-refractivity contribution in [3.05, 3.63) is 47.5 Å². The van der Waals surface area contributed by atoms with Crippen molar-refractivity contribution in [3.8, 4) is 0 Å². The van der Waals surface area contributed by atoms with E-state index >= 15 is 0 Å². The quantitative estimate of drug-likeness (QED) is 0.507. The Morgan fingerprint density at radius 3 is 2.65 bits per heavy atom. The molecule has 5 atom stereocenters. The van der Waals surface area contributed by atoms with E-state index in [0.29, 0.717) is 5.41 Å².